The van der Waals surface area contributed by atoms with Gasteiger partial charge in [-0.2, -0.15) is 0 Å². The molecule has 1 amide bonds. The molecule has 1 aliphatic rings. The highest BCUT2D eigenvalue weighted by molar-refractivity contribution is 7.23. The first-order valence-corrected chi connectivity index (χ1v) is 11.4. The number of hydrogen-bond acceptors (Lipinski definition) is 5. The number of methoxy groups -OCH3 is 1. The lowest BCUT2D eigenvalue weighted by atomic mass is 10.1. The summed E-state index contributed by atoms with van der Waals surface area (Å²) in [4.78, 5) is 21.0. The number of carbonyl (C=O) groups is 1. The molecule has 1 unspecified atom stereocenters. The standard InChI is InChI=1S/C24H26N4O2S/c1-15-6-4-7-16(10-15)19-14-28-20-12-21(30-3)18(11-22(20)31-24(28)26-19)23(29)25-17-8-5-9-27(2)13-17/h4,6-7,10-12,14,17H,5,8-9,13H2,1-3H3,(H,25,29). The molecule has 5 rings (SSSR count). The molecule has 0 saturated carbocycles. The molecule has 1 aliphatic heterocycles. The number of aryl methyl sites for hydroxylation is 1. The number of thiazole rings is 1. The number of nitrogens with one attached hydrogen (secondary N) is 1. The summed E-state index contributed by atoms with van der Waals surface area (Å²) in [7, 11) is 3.71. The fourth-order valence-corrected chi connectivity index (χ4v) is 5.39. The van der Waals surface area contributed by atoms with E-state index >= 15 is 0 Å². The van der Waals surface area contributed by atoms with Crippen LogP contribution in [0.4, 0.5) is 0 Å². The van der Waals surface area contributed by atoms with E-state index < -0.39 is 0 Å². The molecular formula is C24H26N4O2S. The van der Waals surface area contributed by atoms with Gasteiger partial charge >= 0.3 is 0 Å². The summed E-state index contributed by atoms with van der Waals surface area (Å²) < 4.78 is 8.71. The van der Waals surface area contributed by atoms with Crippen LogP contribution in [0.3, 0.4) is 0 Å². The number of amides is 1. The lowest BCUT2D eigenvalue weighted by Crippen LogP contribution is -2.46. The van der Waals surface area contributed by atoms with E-state index in [4.69, 9.17) is 9.72 Å². The number of benzene rings is 2. The van der Waals surface area contributed by atoms with Gasteiger partial charge in [0.2, 0.25) is 0 Å². The van der Waals surface area contributed by atoms with E-state index in [0.717, 1.165) is 52.4 Å². The van der Waals surface area contributed by atoms with Crippen LogP contribution >= 0.6 is 11.3 Å². The molecule has 160 valence electrons. The van der Waals surface area contributed by atoms with Crippen molar-refractivity contribution in [2.45, 2.75) is 25.8 Å². The second kappa shape index (κ2) is 7.98. The van der Waals surface area contributed by atoms with E-state index in [9.17, 15) is 4.79 Å². The summed E-state index contributed by atoms with van der Waals surface area (Å²) in [5.74, 6) is 0.505. The number of likely N-dealkylation sites (N-methyl/N-ethyl adjacent to an activating group) is 1. The molecule has 1 fully saturated rings. The molecule has 31 heavy (non-hydrogen) atoms. The summed E-state index contributed by atoms with van der Waals surface area (Å²) in [5, 5.41) is 3.19. The lowest BCUT2D eigenvalue weighted by molar-refractivity contribution is 0.0909. The smallest absolute Gasteiger partial charge is 0.255 e. The predicted molar refractivity (Wildman–Crippen MR) is 125 cm³/mol. The third-order valence-corrected chi connectivity index (χ3v) is 6.95. The van der Waals surface area contributed by atoms with E-state index in [0.29, 0.717) is 11.3 Å². The van der Waals surface area contributed by atoms with Crippen molar-refractivity contribution in [2.75, 3.05) is 27.2 Å². The second-order valence-electron chi connectivity index (χ2n) is 8.35. The average molecular weight is 435 g/mol. The van der Waals surface area contributed by atoms with Crippen molar-refractivity contribution < 1.29 is 9.53 Å². The van der Waals surface area contributed by atoms with Gasteiger partial charge in [0.1, 0.15) is 5.75 Å². The first-order chi connectivity index (χ1) is 15.0. The maximum atomic E-state index is 13.0. The van der Waals surface area contributed by atoms with E-state index in [1.807, 2.05) is 18.2 Å². The Kier molecular flexibility index (Phi) is 5.16. The summed E-state index contributed by atoms with van der Waals surface area (Å²) in [6.07, 6.45) is 4.16. The van der Waals surface area contributed by atoms with Gasteiger partial charge in [-0.3, -0.25) is 9.20 Å². The molecule has 1 saturated heterocycles. The Morgan fingerprint density at radius 3 is 2.94 bits per heavy atom. The van der Waals surface area contributed by atoms with Gasteiger partial charge in [-0.25, -0.2) is 4.98 Å². The van der Waals surface area contributed by atoms with E-state index in [1.165, 1.54) is 5.56 Å². The van der Waals surface area contributed by atoms with E-state index in [1.54, 1.807) is 18.4 Å². The minimum absolute atomic E-state index is 0.0782. The number of aromatic nitrogens is 2. The molecule has 2 aromatic heterocycles. The molecule has 6 nitrogen and oxygen atoms in total. The number of nitrogens with zero attached hydrogens (tertiary/aromatic N) is 3. The van der Waals surface area contributed by atoms with Gasteiger partial charge in [0.05, 0.1) is 28.6 Å². The van der Waals surface area contributed by atoms with Crippen molar-refractivity contribution in [1.29, 1.82) is 0 Å². The highest BCUT2D eigenvalue weighted by Crippen LogP contribution is 2.34. The molecule has 0 radical (unpaired) electrons. The largest absolute Gasteiger partial charge is 0.496 e. The van der Waals surface area contributed by atoms with Crippen molar-refractivity contribution in [2.24, 2.45) is 0 Å². The molecular weight excluding hydrogens is 408 g/mol. The predicted octanol–water partition coefficient (Wildman–Crippen LogP) is 4.36. The SMILES string of the molecule is COc1cc2c(cc1C(=O)NC1CCCN(C)C1)sc1nc(-c3cccc(C)c3)cn12. The zero-order chi connectivity index (χ0) is 21.5. The number of hydrogen-bond donors (Lipinski definition) is 1. The number of rotatable bonds is 4. The summed E-state index contributed by atoms with van der Waals surface area (Å²) in [6.45, 7) is 4.05. The summed E-state index contributed by atoms with van der Waals surface area (Å²) in [6, 6.07) is 12.4. The monoisotopic (exact) mass is 434 g/mol. The molecule has 0 aliphatic carbocycles. The van der Waals surface area contributed by atoms with Gasteiger partial charge in [0.15, 0.2) is 4.96 Å². The Bertz CT molecular complexity index is 1280. The number of fused-ring (bicyclic) bond motifs is 3. The number of ether oxygens (including phenoxy) is 1. The Morgan fingerprint density at radius 1 is 1.29 bits per heavy atom. The molecule has 0 bridgehead atoms. The Balaban J connectivity index is 1.50. The third-order valence-electron chi connectivity index (χ3n) is 5.93. The lowest BCUT2D eigenvalue weighted by Gasteiger charge is -2.30. The highest BCUT2D eigenvalue weighted by atomic mass is 32.1. The zero-order valence-corrected chi connectivity index (χ0v) is 18.8. The molecule has 0 spiro atoms. The Labute approximate surface area is 185 Å². The average Bonchev–Trinajstić information content (AvgIpc) is 3.30. The molecule has 1 N–H and O–H groups in total. The van der Waals surface area contributed by atoms with Crippen molar-refractivity contribution in [3.8, 4) is 17.0 Å². The second-order valence-corrected chi connectivity index (χ2v) is 9.35. The normalized spacial score (nSPS) is 17.3. The number of likely N-dealkylation sites (tertiary alicyclic amines) is 1. The van der Waals surface area contributed by atoms with Crippen molar-refractivity contribution in [1.82, 2.24) is 19.6 Å². The van der Waals surface area contributed by atoms with Crippen LogP contribution in [0.5, 0.6) is 5.75 Å². The van der Waals surface area contributed by atoms with Gasteiger partial charge < -0.3 is 15.0 Å². The van der Waals surface area contributed by atoms with Crippen LogP contribution in [0.2, 0.25) is 0 Å². The van der Waals surface area contributed by atoms with Crippen molar-refractivity contribution in [3.63, 3.8) is 0 Å². The maximum Gasteiger partial charge on any atom is 0.255 e. The van der Waals surface area contributed by atoms with Crippen molar-refractivity contribution >= 4 is 32.4 Å². The minimum atomic E-state index is -0.0782. The van der Waals surface area contributed by atoms with Crippen LogP contribution in [-0.4, -0.2) is 53.5 Å². The first kappa shape index (κ1) is 20.0. The van der Waals surface area contributed by atoms with Gasteiger partial charge in [0, 0.05) is 30.4 Å². The van der Waals surface area contributed by atoms with Crippen LogP contribution < -0.4 is 10.1 Å². The van der Waals surface area contributed by atoms with E-state index in [-0.39, 0.29) is 11.9 Å². The van der Waals surface area contributed by atoms with Crippen LogP contribution in [0.25, 0.3) is 26.4 Å². The number of piperidine rings is 1. The van der Waals surface area contributed by atoms with Crippen LogP contribution in [-0.2, 0) is 0 Å². The zero-order valence-electron chi connectivity index (χ0n) is 18.0. The van der Waals surface area contributed by atoms with Crippen LogP contribution in [0.15, 0.2) is 42.6 Å². The highest BCUT2D eigenvalue weighted by Gasteiger charge is 2.23. The van der Waals surface area contributed by atoms with E-state index in [2.05, 4.69) is 53.0 Å². The quantitative estimate of drug-likeness (QED) is 0.519. The fraction of sp³-hybridized carbons (Fsp3) is 0.333. The number of carbonyl (C=O) groups excluding carboxylic acids is 1. The van der Waals surface area contributed by atoms with Crippen molar-refractivity contribution in [3.05, 3.63) is 53.7 Å². The molecule has 4 aromatic rings. The molecule has 1 atom stereocenters. The van der Waals surface area contributed by atoms with Gasteiger partial charge in [-0.1, -0.05) is 35.1 Å². The summed E-state index contributed by atoms with van der Waals surface area (Å²) in [5.41, 5.74) is 4.83. The van der Waals surface area contributed by atoms with Crippen LogP contribution in [0, 0.1) is 6.92 Å². The van der Waals surface area contributed by atoms with Gasteiger partial charge in [-0.15, -0.1) is 0 Å². The first-order valence-electron chi connectivity index (χ1n) is 10.6. The minimum Gasteiger partial charge on any atom is -0.496 e. The molecule has 7 heteroatoms. The van der Waals surface area contributed by atoms with Crippen LogP contribution in [0.1, 0.15) is 28.8 Å². The third kappa shape index (κ3) is 3.79. The topological polar surface area (TPSA) is 58.9 Å². The Hall–Kier alpha value is -2.90. The van der Waals surface area contributed by atoms with Gasteiger partial charge in [0.25, 0.3) is 5.91 Å². The maximum absolute atomic E-state index is 13.0. The van der Waals surface area contributed by atoms with Gasteiger partial charge in [-0.05, 0) is 45.5 Å². The molecule has 3 heterocycles. The Morgan fingerprint density at radius 2 is 2.16 bits per heavy atom. The number of imidazole rings is 1. The molecule has 2 aromatic carbocycles. The fourth-order valence-electron chi connectivity index (χ4n) is 4.36. The summed E-state index contributed by atoms with van der Waals surface area (Å²) >= 11 is 1.59.